The molecular formula is C19H23F3N4O. The fourth-order valence-electron chi connectivity index (χ4n) is 4.69. The lowest BCUT2D eigenvalue weighted by atomic mass is 9.97. The SMILES string of the molecule is Cc1cc(C)n2ccc(C(=O)NC3CC4CCC(C3)N4CC(F)(F)F)c2n1. The van der Waals surface area contributed by atoms with Gasteiger partial charge >= 0.3 is 6.18 Å². The van der Waals surface area contributed by atoms with E-state index < -0.39 is 12.7 Å². The van der Waals surface area contributed by atoms with Crippen molar-refractivity contribution >= 4 is 11.6 Å². The van der Waals surface area contributed by atoms with E-state index in [9.17, 15) is 18.0 Å². The summed E-state index contributed by atoms with van der Waals surface area (Å²) >= 11 is 0. The Kier molecular flexibility index (Phi) is 4.41. The molecule has 2 bridgehead atoms. The minimum absolute atomic E-state index is 0.0969. The Balaban J connectivity index is 1.48. The monoisotopic (exact) mass is 380 g/mol. The van der Waals surface area contributed by atoms with E-state index in [0.29, 0.717) is 24.1 Å². The summed E-state index contributed by atoms with van der Waals surface area (Å²) in [6.45, 7) is 2.99. The minimum Gasteiger partial charge on any atom is -0.349 e. The molecule has 0 aromatic carbocycles. The molecule has 2 unspecified atom stereocenters. The van der Waals surface area contributed by atoms with E-state index in [-0.39, 0.29) is 24.0 Å². The van der Waals surface area contributed by atoms with Crippen LogP contribution in [-0.4, -0.2) is 51.0 Å². The zero-order valence-corrected chi connectivity index (χ0v) is 15.4. The summed E-state index contributed by atoms with van der Waals surface area (Å²) < 4.78 is 40.3. The van der Waals surface area contributed by atoms with Crippen molar-refractivity contribution in [3.63, 3.8) is 0 Å². The fraction of sp³-hybridized carbons (Fsp3) is 0.579. The Bertz CT molecular complexity index is 862. The number of nitrogens with one attached hydrogen (secondary N) is 1. The van der Waals surface area contributed by atoms with Crippen LogP contribution in [0.2, 0.25) is 0 Å². The van der Waals surface area contributed by atoms with Crippen LogP contribution in [0.5, 0.6) is 0 Å². The van der Waals surface area contributed by atoms with E-state index in [1.807, 2.05) is 30.5 Å². The van der Waals surface area contributed by atoms with Crippen molar-refractivity contribution in [1.29, 1.82) is 0 Å². The van der Waals surface area contributed by atoms with Crippen LogP contribution < -0.4 is 5.32 Å². The average molecular weight is 380 g/mol. The van der Waals surface area contributed by atoms with Gasteiger partial charge in [-0.3, -0.25) is 9.69 Å². The number of piperidine rings is 1. The van der Waals surface area contributed by atoms with E-state index in [2.05, 4.69) is 10.3 Å². The van der Waals surface area contributed by atoms with Crippen molar-refractivity contribution in [2.24, 2.45) is 0 Å². The second kappa shape index (κ2) is 6.51. The first-order valence-corrected chi connectivity index (χ1v) is 9.30. The van der Waals surface area contributed by atoms with E-state index in [0.717, 1.165) is 24.2 Å². The third-order valence-electron chi connectivity index (χ3n) is 5.77. The van der Waals surface area contributed by atoms with Gasteiger partial charge in [-0.25, -0.2) is 4.98 Å². The van der Waals surface area contributed by atoms with Crippen molar-refractivity contribution in [1.82, 2.24) is 19.6 Å². The van der Waals surface area contributed by atoms with Crippen molar-refractivity contribution in [3.8, 4) is 0 Å². The zero-order valence-electron chi connectivity index (χ0n) is 15.4. The Morgan fingerprint density at radius 1 is 1.26 bits per heavy atom. The molecule has 2 aromatic heterocycles. The number of aromatic nitrogens is 2. The Morgan fingerprint density at radius 3 is 2.56 bits per heavy atom. The molecule has 4 rings (SSSR count). The lowest BCUT2D eigenvalue weighted by Crippen LogP contribution is -2.52. The summed E-state index contributed by atoms with van der Waals surface area (Å²) in [4.78, 5) is 18.8. The molecule has 2 aliphatic rings. The van der Waals surface area contributed by atoms with Crippen molar-refractivity contribution in [2.75, 3.05) is 6.54 Å². The van der Waals surface area contributed by atoms with E-state index in [4.69, 9.17) is 0 Å². The highest BCUT2D eigenvalue weighted by atomic mass is 19.4. The van der Waals surface area contributed by atoms with Crippen molar-refractivity contribution in [2.45, 2.75) is 63.8 Å². The number of nitrogens with zero attached hydrogens (tertiary/aromatic N) is 3. The van der Waals surface area contributed by atoms with Crippen LogP contribution in [0.25, 0.3) is 5.65 Å². The smallest absolute Gasteiger partial charge is 0.349 e. The molecule has 2 aromatic rings. The van der Waals surface area contributed by atoms with Gasteiger partial charge < -0.3 is 9.72 Å². The highest BCUT2D eigenvalue weighted by Gasteiger charge is 2.45. The topological polar surface area (TPSA) is 49.6 Å². The van der Waals surface area contributed by atoms with Crippen LogP contribution in [0, 0.1) is 13.8 Å². The van der Waals surface area contributed by atoms with Gasteiger partial charge in [-0.1, -0.05) is 0 Å². The summed E-state index contributed by atoms with van der Waals surface area (Å²) in [6, 6.07) is 3.38. The molecule has 0 radical (unpaired) electrons. The van der Waals surface area contributed by atoms with Gasteiger partial charge in [-0.05, 0) is 51.7 Å². The summed E-state index contributed by atoms with van der Waals surface area (Å²) in [5.74, 6) is -0.205. The average Bonchev–Trinajstić information content (AvgIpc) is 3.05. The van der Waals surface area contributed by atoms with Gasteiger partial charge in [-0.15, -0.1) is 0 Å². The van der Waals surface area contributed by atoms with Crippen molar-refractivity contribution in [3.05, 3.63) is 35.3 Å². The maximum absolute atomic E-state index is 12.8. The number of aryl methyl sites for hydroxylation is 2. The molecule has 2 fully saturated rings. The number of rotatable bonds is 3. The van der Waals surface area contributed by atoms with Gasteiger partial charge in [0.15, 0.2) is 0 Å². The molecule has 0 spiro atoms. The first kappa shape index (κ1) is 18.3. The summed E-state index contributed by atoms with van der Waals surface area (Å²) in [7, 11) is 0. The number of amides is 1. The lowest BCUT2D eigenvalue weighted by molar-refractivity contribution is -0.155. The Labute approximate surface area is 155 Å². The summed E-state index contributed by atoms with van der Waals surface area (Å²) in [5, 5.41) is 3.04. The van der Waals surface area contributed by atoms with Crippen LogP contribution in [0.3, 0.4) is 0 Å². The van der Waals surface area contributed by atoms with E-state index in [1.165, 1.54) is 0 Å². The molecule has 146 valence electrons. The highest BCUT2D eigenvalue weighted by Crippen LogP contribution is 2.37. The summed E-state index contributed by atoms with van der Waals surface area (Å²) in [5.41, 5.74) is 2.95. The molecule has 8 heteroatoms. The van der Waals surface area contributed by atoms with Crippen LogP contribution in [0.15, 0.2) is 18.3 Å². The third-order valence-corrected chi connectivity index (χ3v) is 5.77. The van der Waals surface area contributed by atoms with Crippen LogP contribution in [-0.2, 0) is 0 Å². The van der Waals surface area contributed by atoms with Gasteiger partial charge in [-0.2, -0.15) is 13.2 Å². The fourth-order valence-corrected chi connectivity index (χ4v) is 4.69. The zero-order chi connectivity index (χ0) is 19.3. The molecular weight excluding hydrogens is 357 g/mol. The molecule has 4 heterocycles. The molecule has 0 aliphatic carbocycles. The van der Waals surface area contributed by atoms with Gasteiger partial charge in [0.05, 0.1) is 12.1 Å². The van der Waals surface area contributed by atoms with E-state index in [1.54, 1.807) is 11.0 Å². The molecule has 5 nitrogen and oxygen atoms in total. The third kappa shape index (κ3) is 3.54. The quantitative estimate of drug-likeness (QED) is 0.889. The van der Waals surface area contributed by atoms with Gasteiger partial charge in [0, 0.05) is 35.7 Å². The number of halogens is 3. The normalized spacial score (nSPS) is 25.9. The number of carbonyl (C=O) groups excluding carboxylic acids is 1. The molecule has 2 atom stereocenters. The predicted molar refractivity (Wildman–Crippen MR) is 94.7 cm³/mol. The van der Waals surface area contributed by atoms with Crippen LogP contribution in [0.1, 0.15) is 47.4 Å². The molecule has 2 saturated heterocycles. The molecule has 27 heavy (non-hydrogen) atoms. The number of fused-ring (bicyclic) bond motifs is 3. The number of alkyl halides is 3. The lowest BCUT2D eigenvalue weighted by Gasteiger charge is -2.39. The van der Waals surface area contributed by atoms with Gasteiger partial charge in [0.2, 0.25) is 0 Å². The Hall–Kier alpha value is -2.09. The second-order valence-corrected chi connectivity index (χ2v) is 7.78. The standard InChI is InChI=1S/C19H23F3N4O/c1-11-7-12(2)25-6-5-16(17(25)23-11)18(27)24-13-8-14-3-4-15(9-13)26(14)10-19(20,21)22/h5-7,13-15H,3-4,8-10H2,1-2H3,(H,24,27). The minimum atomic E-state index is -4.18. The largest absolute Gasteiger partial charge is 0.401 e. The van der Waals surface area contributed by atoms with Crippen molar-refractivity contribution < 1.29 is 18.0 Å². The van der Waals surface area contributed by atoms with E-state index >= 15 is 0 Å². The first-order chi connectivity index (χ1) is 12.7. The van der Waals surface area contributed by atoms with Gasteiger partial charge in [0.1, 0.15) is 5.65 Å². The summed E-state index contributed by atoms with van der Waals surface area (Å²) in [6.07, 6.45) is 0.307. The van der Waals surface area contributed by atoms with Gasteiger partial charge in [0.25, 0.3) is 5.91 Å². The molecule has 2 aliphatic heterocycles. The molecule has 0 saturated carbocycles. The first-order valence-electron chi connectivity index (χ1n) is 9.30. The van der Waals surface area contributed by atoms with Crippen LogP contribution in [0.4, 0.5) is 13.2 Å². The second-order valence-electron chi connectivity index (χ2n) is 7.78. The van der Waals surface area contributed by atoms with Crippen LogP contribution >= 0.6 is 0 Å². The number of carbonyl (C=O) groups is 1. The number of hydrogen-bond acceptors (Lipinski definition) is 3. The maximum Gasteiger partial charge on any atom is 0.401 e. The maximum atomic E-state index is 12.8. The Morgan fingerprint density at radius 2 is 1.93 bits per heavy atom. The predicted octanol–water partition coefficient (Wildman–Crippen LogP) is 3.24. The molecule has 1 N–H and O–H groups in total. The highest BCUT2D eigenvalue weighted by molar-refractivity contribution is 6.00. The number of hydrogen-bond donors (Lipinski definition) is 1. The molecule has 1 amide bonds.